The minimum Gasteiger partial charge on any atom is -0.266 e. The fourth-order valence-electron chi connectivity index (χ4n) is 2.16. The second-order valence-electron chi connectivity index (χ2n) is 4.67. The summed E-state index contributed by atoms with van der Waals surface area (Å²) in [6.07, 6.45) is 0. The van der Waals surface area contributed by atoms with Crippen LogP contribution in [-0.4, -0.2) is 16.9 Å². The molecule has 0 saturated carbocycles. The summed E-state index contributed by atoms with van der Waals surface area (Å²) in [6, 6.07) is 8.31. The molecule has 0 aliphatic carbocycles. The van der Waals surface area contributed by atoms with Gasteiger partial charge in [-0.1, -0.05) is 30.3 Å². The van der Waals surface area contributed by atoms with Gasteiger partial charge in [0.2, 0.25) is 0 Å². The predicted molar refractivity (Wildman–Crippen MR) is 68.0 cm³/mol. The van der Waals surface area contributed by atoms with Crippen molar-refractivity contribution < 1.29 is 32.0 Å². The molecule has 1 aliphatic heterocycles. The summed E-state index contributed by atoms with van der Waals surface area (Å²) in [6.45, 7) is -0.249. The van der Waals surface area contributed by atoms with Crippen LogP contribution in [0.3, 0.4) is 0 Å². The quantitative estimate of drug-likeness (QED) is 0.377. The molecule has 1 heterocycles. The smallest absolute Gasteiger partial charge is 0.266 e. The van der Waals surface area contributed by atoms with Crippen LogP contribution in [0.25, 0.3) is 0 Å². The molecule has 0 saturated heterocycles. The Labute approximate surface area is 126 Å². The van der Waals surface area contributed by atoms with E-state index in [9.17, 15) is 27.2 Å². The van der Waals surface area contributed by atoms with Gasteiger partial charge in [-0.3, -0.25) is 14.4 Å². The number of fused-ring (bicyclic) bond motifs is 1. The first-order valence-electron chi connectivity index (χ1n) is 6.35. The van der Waals surface area contributed by atoms with Crippen molar-refractivity contribution in [2.45, 2.75) is 6.61 Å². The Morgan fingerprint density at radius 2 is 1.26 bits per heavy atom. The van der Waals surface area contributed by atoms with E-state index in [4.69, 9.17) is 4.84 Å². The summed E-state index contributed by atoms with van der Waals surface area (Å²) in [7, 11) is 0. The highest BCUT2D eigenvalue weighted by atomic mass is 19.2. The fraction of sp³-hybridized carbons (Fsp3) is 0.0667. The lowest BCUT2D eigenvalue weighted by Gasteiger charge is -2.13. The molecule has 2 amide bonds. The average molecular weight is 325 g/mol. The zero-order valence-corrected chi connectivity index (χ0v) is 11.3. The van der Waals surface area contributed by atoms with E-state index < -0.39 is 46.2 Å². The maximum absolute atomic E-state index is 13.7. The molecule has 0 aromatic heterocycles. The van der Waals surface area contributed by atoms with Crippen LogP contribution in [-0.2, 0) is 11.4 Å². The number of carbonyl (C=O) groups is 2. The Bertz CT molecular complexity index is 776. The molecule has 8 heteroatoms. The Balaban J connectivity index is 1.95. The summed E-state index contributed by atoms with van der Waals surface area (Å²) in [5.74, 6) is -11.0. The van der Waals surface area contributed by atoms with Gasteiger partial charge in [0.15, 0.2) is 23.3 Å². The number of amides is 2. The lowest BCUT2D eigenvalue weighted by molar-refractivity contribution is -0.101. The van der Waals surface area contributed by atoms with Crippen LogP contribution in [0.4, 0.5) is 17.6 Å². The number of imide groups is 1. The Hall–Kier alpha value is -2.74. The van der Waals surface area contributed by atoms with Crippen molar-refractivity contribution in [2.75, 3.05) is 0 Å². The highest BCUT2D eigenvalue weighted by Crippen LogP contribution is 2.31. The van der Waals surface area contributed by atoms with Gasteiger partial charge < -0.3 is 0 Å². The third kappa shape index (κ3) is 2.27. The molecule has 0 radical (unpaired) electrons. The number of carbonyl (C=O) groups excluding carboxylic acids is 2. The van der Waals surface area contributed by atoms with E-state index in [-0.39, 0.29) is 11.7 Å². The highest BCUT2D eigenvalue weighted by molar-refractivity contribution is 6.20. The molecule has 1 aliphatic rings. The lowest BCUT2D eigenvalue weighted by atomic mass is 10.1. The monoisotopic (exact) mass is 325 g/mol. The molecule has 23 heavy (non-hydrogen) atoms. The Morgan fingerprint density at radius 3 is 1.74 bits per heavy atom. The molecule has 0 unspecified atom stereocenters. The van der Waals surface area contributed by atoms with Gasteiger partial charge in [0.05, 0.1) is 11.1 Å². The van der Waals surface area contributed by atoms with Crippen LogP contribution < -0.4 is 0 Å². The zero-order chi connectivity index (χ0) is 16.7. The van der Waals surface area contributed by atoms with Gasteiger partial charge in [0.1, 0.15) is 6.61 Å². The minimum absolute atomic E-state index is 0.0860. The molecule has 0 atom stereocenters. The first kappa shape index (κ1) is 15.2. The predicted octanol–water partition coefficient (Wildman–Crippen LogP) is 2.97. The molecule has 0 bridgehead atoms. The molecule has 2 aromatic rings. The number of hydrogen-bond donors (Lipinski definition) is 0. The first-order valence-corrected chi connectivity index (χ1v) is 6.35. The number of hydroxylamine groups is 2. The third-order valence-corrected chi connectivity index (χ3v) is 3.27. The van der Waals surface area contributed by atoms with Crippen molar-refractivity contribution in [3.05, 3.63) is 70.3 Å². The SMILES string of the molecule is O=C1c2c(F)c(F)c(F)c(F)c2C(=O)N1OCc1ccccc1. The molecule has 118 valence electrons. The third-order valence-electron chi connectivity index (χ3n) is 3.27. The molecule has 0 spiro atoms. The molecule has 3 rings (SSSR count). The summed E-state index contributed by atoms with van der Waals surface area (Å²) >= 11 is 0. The molecule has 0 N–H and O–H groups in total. The van der Waals surface area contributed by atoms with Crippen molar-refractivity contribution in [2.24, 2.45) is 0 Å². The Morgan fingerprint density at radius 1 is 0.783 bits per heavy atom. The van der Waals surface area contributed by atoms with Gasteiger partial charge in [-0.05, 0) is 5.56 Å². The maximum Gasteiger partial charge on any atom is 0.289 e. The number of halogens is 4. The molecule has 0 fully saturated rings. The lowest BCUT2D eigenvalue weighted by Crippen LogP contribution is -2.30. The zero-order valence-electron chi connectivity index (χ0n) is 11.3. The normalized spacial score (nSPS) is 13.7. The summed E-state index contributed by atoms with van der Waals surface area (Å²) in [5.41, 5.74) is -1.79. The summed E-state index contributed by atoms with van der Waals surface area (Å²) in [4.78, 5) is 28.8. The van der Waals surface area contributed by atoms with Crippen LogP contribution >= 0.6 is 0 Å². The second kappa shape index (κ2) is 5.47. The maximum atomic E-state index is 13.7. The van der Waals surface area contributed by atoms with Crippen LogP contribution in [0.2, 0.25) is 0 Å². The van der Waals surface area contributed by atoms with E-state index in [1.165, 1.54) is 0 Å². The molecular formula is C15H7F4NO3. The van der Waals surface area contributed by atoms with Gasteiger partial charge in [-0.15, -0.1) is 5.06 Å². The van der Waals surface area contributed by atoms with Crippen molar-refractivity contribution >= 4 is 11.8 Å². The molecule has 4 nitrogen and oxygen atoms in total. The number of rotatable bonds is 3. The van der Waals surface area contributed by atoms with Gasteiger partial charge >= 0.3 is 0 Å². The molecule has 2 aromatic carbocycles. The van der Waals surface area contributed by atoms with Crippen molar-refractivity contribution in [3.8, 4) is 0 Å². The summed E-state index contributed by atoms with van der Waals surface area (Å²) < 4.78 is 53.8. The Kier molecular flexibility index (Phi) is 3.61. The van der Waals surface area contributed by atoms with Crippen LogP contribution in [0, 0.1) is 23.3 Å². The number of benzene rings is 2. The standard InChI is InChI=1S/C15H7F4NO3/c16-10-8-9(11(17)13(19)12(10)18)15(22)20(14(8)21)23-6-7-4-2-1-3-5-7/h1-5H,6H2. The topological polar surface area (TPSA) is 46.6 Å². The fourth-order valence-corrected chi connectivity index (χ4v) is 2.16. The highest BCUT2D eigenvalue weighted by Gasteiger charge is 2.45. The van der Waals surface area contributed by atoms with Gasteiger partial charge in [-0.25, -0.2) is 17.6 Å². The van der Waals surface area contributed by atoms with Gasteiger partial charge in [0, 0.05) is 0 Å². The van der Waals surface area contributed by atoms with Gasteiger partial charge in [-0.2, -0.15) is 0 Å². The minimum atomic E-state index is -2.16. The van der Waals surface area contributed by atoms with Crippen LogP contribution in [0.1, 0.15) is 26.3 Å². The number of hydrogen-bond acceptors (Lipinski definition) is 3. The number of nitrogens with zero attached hydrogens (tertiary/aromatic N) is 1. The average Bonchev–Trinajstić information content (AvgIpc) is 2.81. The van der Waals surface area contributed by atoms with Crippen LogP contribution in [0.15, 0.2) is 30.3 Å². The van der Waals surface area contributed by atoms with Crippen molar-refractivity contribution in [3.63, 3.8) is 0 Å². The van der Waals surface area contributed by atoms with E-state index in [0.717, 1.165) is 0 Å². The van der Waals surface area contributed by atoms with Crippen molar-refractivity contribution in [1.82, 2.24) is 5.06 Å². The van der Waals surface area contributed by atoms with E-state index in [2.05, 4.69) is 0 Å². The largest absolute Gasteiger partial charge is 0.289 e. The first-order chi connectivity index (χ1) is 10.9. The van der Waals surface area contributed by atoms with E-state index in [1.54, 1.807) is 30.3 Å². The van der Waals surface area contributed by atoms with Crippen LogP contribution in [0.5, 0.6) is 0 Å². The summed E-state index contributed by atoms with van der Waals surface area (Å²) in [5, 5.41) is 0.0860. The van der Waals surface area contributed by atoms with E-state index in [1.807, 2.05) is 0 Å². The van der Waals surface area contributed by atoms with Crippen molar-refractivity contribution in [1.29, 1.82) is 0 Å². The van der Waals surface area contributed by atoms with Gasteiger partial charge in [0.25, 0.3) is 11.8 Å². The van der Waals surface area contributed by atoms with E-state index >= 15 is 0 Å². The second-order valence-corrected chi connectivity index (χ2v) is 4.67. The molecular weight excluding hydrogens is 318 g/mol. The van der Waals surface area contributed by atoms with E-state index in [0.29, 0.717) is 5.56 Å².